The van der Waals surface area contributed by atoms with E-state index in [-0.39, 0.29) is 29.6 Å². The van der Waals surface area contributed by atoms with Gasteiger partial charge in [-0.25, -0.2) is 9.48 Å². The SMILES string of the molecule is CCOC(=O)n1c(N)c(-c2ccccc2Cl)c(=O)n1C(C)CC. The van der Waals surface area contributed by atoms with E-state index >= 15 is 0 Å². The van der Waals surface area contributed by atoms with E-state index in [0.717, 1.165) is 4.68 Å². The second-order valence-corrected chi connectivity index (χ2v) is 5.57. The Balaban J connectivity index is 2.78. The van der Waals surface area contributed by atoms with Gasteiger partial charge < -0.3 is 10.5 Å². The summed E-state index contributed by atoms with van der Waals surface area (Å²) in [6.45, 7) is 5.64. The van der Waals surface area contributed by atoms with Gasteiger partial charge in [-0.2, -0.15) is 4.68 Å². The molecule has 1 atom stereocenters. The first-order valence-electron chi connectivity index (χ1n) is 7.48. The monoisotopic (exact) mass is 337 g/mol. The number of benzene rings is 1. The van der Waals surface area contributed by atoms with Crippen molar-refractivity contribution in [1.29, 1.82) is 0 Å². The molecule has 2 aromatic rings. The molecule has 1 aromatic heterocycles. The number of halogens is 1. The molecule has 2 N–H and O–H groups in total. The lowest BCUT2D eigenvalue weighted by Gasteiger charge is -2.15. The van der Waals surface area contributed by atoms with Gasteiger partial charge in [0.25, 0.3) is 5.56 Å². The van der Waals surface area contributed by atoms with Crippen molar-refractivity contribution in [2.45, 2.75) is 33.2 Å². The topological polar surface area (TPSA) is 79.2 Å². The number of carbonyl (C=O) groups is 1. The average molecular weight is 338 g/mol. The molecular weight excluding hydrogens is 318 g/mol. The first-order valence-corrected chi connectivity index (χ1v) is 7.86. The summed E-state index contributed by atoms with van der Waals surface area (Å²) in [5, 5.41) is 0.397. The van der Waals surface area contributed by atoms with E-state index in [1.807, 2.05) is 13.8 Å². The highest BCUT2D eigenvalue weighted by Gasteiger charge is 2.27. The molecule has 0 fully saturated rings. The molecule has 0 amide bonds. The minimum atomic E-state index is -0.680. The Labute approximate surface area is 139 Å². The van der Waals surface area contributed by atoms with Crippen LogP contribution in [0, 0.1) is 0 Å². The summed E-state index contributed by atoms with van der Waals surface area (Å²) in [6.07, 6.45) is -0.0224. The highest BCUT2D eigenvalue weighted by molar-refractivity contribution is 6.33. The molecule has 1 aromatic carbocycles. The van der Waals surface area contributed by atoms with E-state index in [0.29, 0.717) is 17.0 Å². The number of carbonyl (C=O) groups excluding carboxylic acids is 1. The predicted molar refractivity (Wildman–Crippen MR) is 91.0 cm³/mol. The molecule has 0 saturated carbocycles. The van der Waals surface area contributed by atoms with Crippen molar-refractivity contribution in [1.82, 2.24) is 9.36 Å². The number of hydrogen-bond acceptors (Lipinski definition) is 4. The first kappa shape index (κ1) is 17.1. The van der Waals surface area contributed by atoms with Gasteiger partial charge in [0, 0.05) is 10.6 Å². The van der Waals surface area contributed by atoms with Crippen LogP contribution in [0.3, 0.4) is 0 Å². The van der Waals surface area contributed by atoms with Gasteiger partial charge in [0.15, 0.2) is 0 Å². The maximum absolute atomic E-state index is 12.9. The number of aromatic nitrogens is 2. The smallest absolute Gasteiger partial charge is 0.435 e. The zero-order chi connectivity index (χ0) is 17.1. The maximum atomic E-state index is 12.9. The van der Waals surface area contributed by atoms with Crippen LogP contribution in [0.2, 0.25) is 5.02 Å². The van der Waals surface area contributed by atoms with Gasteiger partial charge in [0.05, 0.1) is 18.2 Å². The fraction of sp³-hybridized carbons (Fsp3) is 0.375. The van der Waals surface area contributed by atoms with Crippen LogP contribution in [-0.2, 0) is 4.74 Å². The quantitative estimate of drug-likeness (QED) is 0.925. The first-order chi connectivity index (χ1) is 10.9. The number of ether oxygens (including phenoxy) is 1. The van der Waals surface area contributed by atoms with Crippen molar-refractivity contribution >= 4 is 23.5 Å². The van der Waals surface area contributed by atoms with Crippen LogP contribution in [0.25, 0.3) is 11.1 Å². The number of rotatable bonds is 4. The number of hydrogen-bond donors (Lipinski definition) is 1. The van der Waals surface area contributed by atoms with Crippen LogP contribution < -0.4 is 11.3 Å². The summed E-state index contributed by atoms with van der Waals surface area (Å²) in [5.41, 5.74) is 6.46. The van der Waals surface area contributed by atoms with E-state index in [1.54, 1.807) is 31.2 Å². The van der Waals surface area contributed by atoms with Crippen molar-refractivity contribution in [3.8, 4) is 11.1 Å². The minimum Gasteiger partial charge on any atom is -0.448 e. The van der Waals surface area contributed by atoms with E-state index in [2.05, 4.69) is 0 Å². The van der Waals surface area contributed by atoms with Crippen LogP contribution >= 0.6 is 11.6 Å². The van der Waals surface area contributed by atoms with E-state index in [1.165, 1.54) is 4.68 Å². The van der Waals surface area contributed by atoms with Gasteiger partial charge in [0.2, 0.25) is 0 Å². The lowest BCUT2D eigenvalue weighted by atomic mass is 10.1. The van der Waals surface area contributed by atoms with Crippen molar-refractivity contribution < 1.29 is 9.53 Å². The zero-order valence-corrected chi connectivity index (χ0v) is 14.1. The fourth-order valence-corrected chi connectivity index (χ4v) is 2.63. The number of nitrogens with zero attached hydrogens (tertiary/aromatic N) is 2. The molecule has 0 aliphatic rings. The van der Waals surface area contributed by atoms with E-state index in [9.17, 15) is 9.59 Å². The molecule has 0 radical (unpaired) electrons. The van der Waals surface area contributed by atoms with Crippen LogP contribution in [0.4, 0.5) is 10.6 Å². The molecule has 0 aliphatic carbocycles. The highest BCUT2D eigenvalue weighted by atomic mass is 35.5. The third-order valence-electron chi connectivity index (χ3n) is 3.71. The second kappa shape index (κ2) is 6.91. The van der Waals surface area contributed by atoms with Crippen molar-refractivity contribution in [3.63, 3.8) is 0 Å². The van der Waals surface area contributed by atoms with Gasteiger partial charge in [-0.15, -0.1) is 0 Å². The lowest BCUT2D eigenvalue weighted by molar-refractivity contribution is 0.144. The summed E-state index contributed by atoms with van der Waals surface area (Å²) in [7, 11) is 0. The predicted octanol–water partition coefficient (Wildman–Crippen LogP) is 3.53. The summed E-state index contributed by atoms with van der Waals surface area (Å²) in [5.74, 6) is 0.0295. The Morgan fingerprint density at radius 2 is 2.00 bits per heavy atom. The molecule has 23 heavy (non-hydrogen) atoms. The summed E-state index contributed by atoms with van der Waals surface area (Å²) < 4.78 is 7.45. The van der Waals surface area contributed by atoms with Crippen molar-refractivity contribution in [2.24, 2.45) is 0 Å². The molecule has 1 unspecified atom stereocenters. The molecule has 7 heteroatoms. The molecule has 2 rings (SSSR count). The molecular formula is C16H20ClN3O3. The standard InChI is InChI=1S/C16H20ClN3O3/c1-4-10(3)19-15(21)13(11-8-6-7-9-12(11)17)14(18)20(19)16(22)23-5-2/h6-10H,4-5,18H2,1-3H3. The third-order valence-corrected chi connectivity index (χ3v) is 4.04. The van der Waals surface area contributed by atoms with Crippen molar-refractivity contribution in [3.05, 3.63) is 39.6 Å². The van der Waals surface area contributed by atoms with E-state index in [4.69, 9.17) is 22.1 Å². The Morgan fingerprint density at radius 1 is 1.35 bits per heavy atom. The van der Waals surface area contributed by atoms with Gasteiger partial charge in [0.1, 0.15) is 5.82 Å². The molecule has 0 spiro atoms. The lowest BCUT2D eigenvalue weighted by Crippen LogP contribution is -2.31. The van der Waals surface area contributed by atoms with Crippen LogP contribution in [0.1, 0.15) is 33.2 Å². The molecule has 124 valence electrons. The zero-order valence-electron chi connectivity index (χ0n) is 13.4. The summed E-state index contributed by atoms with van der Waals surface area (Å²) >= 11 is 6.19. The van der Waals surface area contributed by atoms with Crippen molar-refractivity contribution in [2.75, 3.05) is 12.3 Å². The van der Waals surface area contributed by atoms with Crippen LogP contribution in [-0.4, -0.2) is 22.1 Å². The third kappa shape index (κ3) is 2.99. The largest absolute Gasteiger partial charge is 0.448 e. The molecule has 6 nitrogen and oxygen atoms in total. The Hall–Kier alpha value is -2.21. The Bertz CT molecular complexity index is 779. The number of nitrogens with two attached hydrogens (primary N) is 1. The maximum Gasteiger partial charge on any atom is 0.435 e. The summed E-state index contributed by atoms with van der Waals surface area (Å²) in [6, 6.07) is 6.68. The second-order valence-electron chi connectivity index (χ2n) is 5.16. The van der Waals surface area contributed by atoms with Crippen LogP contribution in [0.15, 0.2) is 29.1 Å². The van der Waals surface area contributed by atoms with Crippen LogP contribution in [0.5, 0.6) is 0 Å². The average Bonchev–Trinajstić information content (AvgIpc) is 2.78. The normalized spacial score (nSPS) is 12.2. The summed E-state index contributed by atoms with van der Waals surface area (Å²) in [4.78, 5) is 25.1. The van der Waals surface area contributed by atoms with Gasteiger partial charge >= 0.3 is 6.09 Å². The van der Waals surface area contributed by atoms with Gasteiger partial charge in [-0.1, -0.05) is 36.7 Å². The molecule has 0 aliphatic heterocycles. The van der Waals surface area contributed by atoms with Gasteiger partial charge in [-0.05, 0) is 26.3 Å². The van der Waals surface area contributed by atoms with Gasteiger partial charge in [-0.3, -0.25) is 4.79 Å². The number of nitrogen functional groups attached to an aromatic ring is 1. The Morgan fingerprint density at radius 3 is 2.57 bits per heavy atom. The number of anilines is 1. The molecule has 0 bridgehead atoms. The fourth-order valence-electron chi connectivity index (χ4n) is 2.40. The molecule has 0 saturated heterocycles. The highest BCUT2D eigenvalue weighted by Crippen LogP contribution is 2.30. The Kier molecular flexibility index (Phi) is 5.15. The van der Waals surface area contributed by atoms with E-state index < -0.39 is 6.09 Å². The minimum absolute atomic E-state index is 0.0295. The molecule has 1 heterocycles.